The molecule has 2 nitrogen and oxygen atoms in total. The van der Waals surface area contributed by atoms with E-state index in [-0.39, 0.29) is 0 Å². The second kappa shape index (κ2) is 14.0. The van der Waals surface area contributed by atoms with Crippen LogP contribution in [-0.2, 0) is 9.47 Å². The molecule has 4 unspecified atom stereocenters. The van der Waals surface area contributed by atoms with Gasteiger partial charge in [-0.15, -0.1) is 0 Å². The molecule has 0 amide bonds. The molecule has 0 radical (unpaired) electrons. The van der Waals surface area contributed by atoms with Gasteiger partial charge < -0.3 is 9.47 Å². The van der Waals surface area contributed by atoms with Gasteiger partial charge in [-0.2, -0.15) is 0 Å². The minimum absolute atomic E-state index is 0.454. The van der Waals surface area contributed by atoms with Crippen LogP contribution in [0.3, 0.4) is 0 Å². The lowest BCUT2D eigenvalue weighted by molar-refractivity contribution is -0.0994. The fourth-order valence-corrected chi connectivity index (χ4v) is 5.39. The highest BCUT2D eigenvalue weighted by molar-refractivity contribution is 4.85. The molecule has 2 heteroatoms. The lowest BCUT2D eigenvalue weighted by Crippen LogP contribution is -2.41. The SMILES string of the molecule is CCCCCCOC1CCC(OCC2CCC(CCCCC)CC2)C(C)C1C. The Labute approximate surface area is 176 Å². The van der Waals surface area contributed by atoms with Gasteiger partial charge in [0.1, 0.15) is 0 Å². The van der Waals surface area contributed by atoms with Crippen molar-refractivity contribution in [2.24, 2.45) is 23.7 Å². The Kier molecular flexibility index (Phi) is 12.1. The molecule has 166 valence electrons. The number of hydrogen-bond acceptors (Lipinski definition) is 2. The molecule has 0 spiro atoms. The van der Waals surface area contributed by atoms with E-state index in [1.165, 1.54) is 89.9 Å². The van der Waals surface area contributed by atoms with Crippen LogP contribution in [0.25, 0.3) is 0 Å². The van der Waals surface area contributed by atoms with Crippen molar-refractivity contribution in [1.29, 1.82) is 0 Å². The Hall–Kier alpha value is -0.0800. The molecule has 28 heavy (non-hydrogen) atoms. The lowest BCUT2D eigenvalue weighted by atomic mass is 9.77. The minimum atomic E-state index is 0.454. The number of hydrogen-bond donors (Lipinski definition) is 0. The van der Waals surface area contributed by atoms with Crippen molar-refractivity contribution in [2.75, 3.05) is 13.2 Å². The molecule has 0 aromatic heterocycles. The second-order valence-corrected chi connectivity index (χ2v) is 10.0. The lowest BCUT2D eigenvalue weighted by Gasteiger charge is -2.40. The van der Waals surface area contributed by atoms with Crippen LogP contribution in [0.4, 0.5) is 0 Å². The Morgan fingerprint density at radius 3 is 1.82 bits per heavy atom. The predicted molar refractivity (Wildman–Crippen MR) is 121 cm³/mol. The Balaban J connectivity index is 1.60. The quantitative estimate of drug-likeness (QED) is 0.297. The van der Waals surface area contributed by atoms with Crippen LogP contribution in [0.1, 0.15) is 118 Å². The molecule has 2 saturated carbocycles. The van der Waals surface area contributed by atoms with Crippen LogP contribution in [0, 0.1) is 23.7 Å². The third kappa shape index (κ3) is 8.34. The molecule has 0 bridgehead atoms. The van der Waals surface area contributed by atoms with Gasteiger partial charge in [0.2, 0.25) is 0 Å². The molecule has 0 heterocycles. The molecule has 4 atom stereocenters. The monoisotopic (exact) mass is 394 g/mol. The molecule has 2 fully saturated rings. The van der Waals surface area contributed by atoms with E-state index in [1.54, 1.807) is 0 Å². The summed E-state index contributed by atoms with van der Waals surface area (Å²) in [6.45, 7) is 11.3. The van der Waals surface area contributed by atoms with Gasteiger partial charge in [0, 0.05) is 13.2 Å². The first-order chi connectivity index (χ1) is 13.7. The van der Waals surface area contributed by atoms with E-state index >= 15 is 0 Å². The van der Waals surface area contributed by atoms with Crippen molar-refractivity contribution in [1.82, 2.24) is 0 Å². The highest BCUT2D eigenvalue weighted by Gasteiger charge is 2.35. The molecule has 0 aromatic rings. The molecule has 2 aliphatic rings. The van der Waals surface area contributed by atoms with Crippen molar-refractivity contribution < 1.29 is 9.47 Å². The first kappa shape index (κ1) is 24.2. The maximum atomic E-state index is 6.49. The number of rotatable bonds is 13. The molecule has 2 aliphatic carbocycles. The summed E-state index contributed by atoms with van der Waals surface area (Å²) in [4.78, 5) is 0. The van der Waals surface area contributed by atoms with Gasteiger partial charge in [-0.3, -0.25) is 0 Å². The van der Waals surface area contributed by atoms with E-state index < -0.39 is 0 Å². The Morgan fingerprint density at radius 1 is 0.607 bits per heavy atom. The maximum absolute atomic E-state index is 6.49. The van der Waals surface area contributed by atoms with E-state index in [4.69, 9.17) is 9.47 Å². The molecule has 0 aromatic carbocycles. The highest BCUT2D eigenvalue weighted by Crippen LogP contribution is 2.36. The topological polar surface area (TPSA) is 18.5 Å². The van der Waals surface area contributed by atoms with Crippen molar-refractivity contribution >= 4 is 0 Å². The third-order valence-corrected chi connectivity index (χ3v) is 7.80. The summed E-state index contributed by atoms with van der Waals surface area (Å²) in [5.74, 6) is 3.07. The Morgan fingerprint density at radius 2 is 1.18 bits per heavy atom. The highest BCUT2D eigenvalue weighted by atomic mass is 16.5. The normalized spacial score (nSPS) is 33.9. The summed E-state index contributed by atoms with van der Waals surface area (Å²) in [7, 11) is 0. The molecule has 0 N–H and O–H groups in total. The zero-order chi connectivity index (χ0) is 20.2. The van der Waals surface area contributed by atoms with E-state index in [2.05, 4.69) is 27.7 Å². The maximum Gasteiger partial charge on any atom is 0.0605 e. The third-order valence-electron chi connectivity index (χ3n) is 7.80. The molecule has 0 saturated heterocycles. The summed E-state index contributed by atoms with van der Waals surface area (Å²) in [5, 5.41) is 0. The summed E-state index contributed by atoms with van der Waals surface area (Å²) in [6.07, 6.45) is 19.9. The molecular formula is C26H50O2. The first-order valence-corrected chi connectivity index (χ1v) is 12.9. The van der Waals surface area contributed by atoms with Gasteiger partial charge in [0.05, 0.1) is 12.2 Å². The first-order valence-electron chi connectivity index (χ1n) is 12.9. The average molecular weight is 395 g/mol. The fourth-order valence-electron chi connectivity index (χ4n) is 5.39. The fraction of sp³-hybridized carbons (Fsp3) is 1.00. The minimum Gasteiger partial charge on any atom is -0.378 e. The van der Waals surface area contributed by atoms with E-state index in [0.29, 0.717) is 24.0 Å². The molecular weight excluding hydrogens is 344 g/mol. The van der Waals surface area contributed by atoms with Gasteiger partial charge >= 0.3 is 0 Å². The van der Waals surface area contributed by atoms with Crippen LogP contribution in [0.15, 0.2) is 0 Å². The zero-order valence-corrected chi connectivity index (χ0v) is 19.6. The van der Waals surface area contributed by atoms with Crippen molar-refractivity contribution in [3.63, 3.8) is 0 Å². The standard InChI is InChI=1S/C26H50O2/c1-5-7-9-11-19-27-25-17-18-26(22(4)21(25)3)28-20-24-15-13-23(14-16-24)12-10-8-6-2/h21-26H,5-20H2,1-4H3. The van der Waals surface area contributed by atoms with Gasteiger partial charge in [0.15, 0.2) is 0 Å². The van der Waals surface area contributed by atoms with Crippen molar-refractivity contribution in [3.8, 4) is 0 Å². The number of unbranched alkanes of at least 4 members (excludes halogenated alkanes) is 5. The van der Waals surface area contributed by atoms with Crippen LogP contribution in [-0.4, -0.2) is 25.4 Å². The van der Waals surface area contributed by atoms with Crippen molar-refractivity contribution in [3.05, 3.63) is 0 Å². The summed E-state index contributed by atoms with van der Waals surface area (Å²) < 4.78 is 12.7. The predicted octanol–water partition coefficient (Wildman–Crippen LogP) is 7.79. The van der Waals surface area contributed by atoms with E-state index in [0.717, 1.165) is 25.0 Å². The summed E-state index contributed by atoms with van der Waals surface area (Å²) >= 11 is 0. The largest absolute Gasteiger partial charge is 0.378 e. The molecule has 0 aliphatic heterocycles. The van der Waals surface area contributed by atoms with Gasteiger partial charge in [0.25, 0.3) is 0 Å². The van der Waals surface area contributed by atoms with Crippen LogP contribution in [0.2, 0.25) is 0 Å². The van der Waals surface area contributed by atoms with Crippen LogP contribution in [0.5, 0.6) is 0 Å². The van der Waals surface area contributed by atoms with Crippen LogP contribution >= 0.6 is 0 Å². The van der Waals surface area contributed by atoms with Gasteiger partial charge in [-0.25, -0.2) is 0 Å². The summed E-state index contributed by atoms with van der Waals surface area (Å²) in [6, 6.07) is 0. The smallest absolute Gasteiger partial charge is 0.0605 e. The van der Waals surface area contributed by atoms with E-state index in [1.807, 2.05) is 0 Å². The van der Waals surface area contributed by atoms with Gasteiger partial charge in [-0.1, -0.05) is 85.5 Å². The van der Waals surface area contributed by atoms with Gasteiger partial charge in [-0.05, 0) is 55.8 Å². The zero-order valence-electron chi connectivity index (χ0n) is 19.6. The van der Waals surface area contributed by atoms with Crippen LogP contribution < -0.4 is 0 Å². The Bertz CT molecular complexity index is 375. The molecule has 2 rings (SSSR count). The second-order valence-electron chi connectivity index (χ2n) is 10.0. The van der Waals surface area contributed by atoms with Crippen molar-refractivity contribution in [2.45, 2.75) is 130 Å². The van der Waals surface area contributed by atoms with E-state index in [9.17, 15) is 0 Å². The average Bonchev–Trinajstić information content (AvgIpc) is 2.71. The number of ether oxygens (including phenoxy) is 2. The summed E-state index contributed by atoms with van der Waals surface area (Å²) in [5.41, 5.74) is 0.